The first-order chi connectivity index (χ1) is 18.0. The third kappa shape index (κ3) is 13.0. The molecule has 0 spiro atoms. The fourth-order valence-corrected chi connectivity index (χ4v) is 4.62. The molecule has 0 unspecified atom stereocenters. The number of allylic oxidation sites excluding steroid dienone is 7. The van der Waals surface area contributed by atoms with Crippen LogP contribution in [0.1, 0.15) is 58.2 Å². The second kappa shape index (κ2) is 16.0. The van der Waals surface area contributed by atoms with Crippen LogP contribution in [0.4, 0.5) is 0 Å². The number of hydrogen-bond donors (Lipinski definition) is 0. The van der Waals surface area contributed by atoms with Crippen LogP contribution in [0.25, 0.3) is 0 Å². The molecule has 2 heterocycles. The van der Waals surface area contributed by atoms with E-state index in [1.807, 2.05) is 65.4 Å². The van der Waals surface area contributed by atoms with Gasteiger partial charge in [0.15, 0.2) is 0 Å². The third-order valence-electron chi connectivity index (χ3n) is 5.76. The van der Waals surface area contributed by atoms with Gasteiger partial charge < -0.3 is 14.4 Å². The molecule has 2 rings (SSSR count). The van der Waals surface area contributed by atoms with Crippen molar-refractivity contribution in [2.75, 3.05) is 20.6 Å². The molecule has 0 aromatic carbocycles. The maximum Gasteiger partial charge on any atom is 0.331 e. The van der Waals surface area contributed by atoms with E-state index < -0.39 is 12.1 Å². The van der Waals surface area contributed by atoms with E-state index in [1.54, 1.807) is 23.5 Å². The van der Waals surface area contributed by atoms with Gasteiger partial charge in [-0.25, -0.2) is 14.6 Å². The molecule has 0 amide bonds. The Labute approximate surface area is 232 Å². The zero-order valence-electron chi connectivity index (χ0n) is 23.8. The number of aromatic nitrogens is 1. The van der Waals surface area contributed by atoms with E-state index in [4.69, 9.17) is 14.5 Å². The minimum atomic E-state index is -0.443. The number of hydrogen-bond acceptors (Lipinski definition) is 7. The summed E-state index contributed by atoms with van der Waals surface area (Å²) in [6, 6.07) is 0. The summed E-state index contributed by atoms with van der Waals surface area (Å²) in [6.07, 6.45) is 16.6. The van der Waals surface area contributed by atoms with Gasteiger partial charge in [-0.3, -0.25) is 0 Å². The third-order valence-corrected chi connectivity index (χ3v) is 6.68. The lowest BCUT2D eigenvalue weighted by molar-refractivity contribution is -0.142. The number of rotatable bonds is 5. The molecule has 2 bridgehead atoms. The highest BCUT2D eigenvalue weighted by Gasteiger charge is 2.15. The van der Waals surface area contributed by atoms with Gasteiger partial charge in [0.1, 0.15) is 12.2 Å². The summed E-state index contributed by atoms with van der Waals surface area (Å²) in [4.78, 5) is 31.8. The van der Waals surface area contributed by atoms with Gasteiger partial charge in [0.05, 0.1) is 10.7 Å². The summed E-state index contributed by atoms with van der Waals surface area (Å²) >= 11 is 1.56. The van der Waals surface area contributed by atoms with Crippen molar-refractivity contribution in [3.8, 4) is 0 Å². The minimum Gasteiger partial charge on any atom is -0.459 e. The largest absolute Gasteiger partial charge is 0.459 e. The van der Waals surface area contributed by atoms with Gasteiger partial charge in [-0.2, -0.15) is 0 Å². The number of cyclic esters (lactones) is 2. The molecular weight excluding hydrogens is 496 g/mol. The number of carbonyl (C=O) groups excluding carboxylic acids is 2. The molecule has 0 fully saturated rings. The van der Waals surface area contributed by atoms with Crippen LogP contribution in [0.15, 0.2) is 76.3 Å². The fourth-order valence-electron chi connectivity index (χ4n) is 3.74. The van der Waals surface area contributed by atoms with Gasteiger partial charge in [-0.05, 0) is 67.6 Å². The topological polar surface area (TPSA) is 68.7 Å². The Balaban J connectivity index is 2.28. The smallest absolute Gasteiger partial charge is 0.331 e. The van der Waals surface area contributed by atoms with Crippen molar-refractivity contribution in [3.63, 3.8) is 0 Å². The average Bonchev–Trinajstić information content (AvgIpc) is 3.26. The summed E-state index contributed by atoms with van der Waals surface area (Å²) < 4.78 is 11.3. The maximum atomic E-state index is 12.6. The number of carbonyl (C=O) groups is 2. The molecule has 2 atom stereocenters. The van der Waals surface area contributed by atoms with E-state index in [9.17, 15) is 9.59 Å². The van der Waals surface area contributed by atoms with Crippen LogP contribution in [0, 0.1) is 0 Å². The Morgan fingerprint density at radius 3 is 2.53 bits per heavy atom. The second-order valence-corrected chi connectivity index (χ2v) is 11.1. The van der Waals surface area contributed by atoms with Gasteiger partial charge in [-0.15, -0.1) is 11.3 Å². The zero-order chi connectivity index (χ0) is 28.1. The van der Waals surface area contributed by atoms with Gasteiger partial charge in [0.25, 0.3) is 0 Å². The van der Waals surface area contributed by atoms with Crippen LogP contribution in [0.3, 0.4) is 0 Å². The van der Waals surface area contributed by atoms with Crippen molar-refractivity contribution in [2.45, 2.75) is 72.5 Å². The van der Waals surface area contributed by atoms with E-state index in [0.29, 0.717) is 12.8 Å². The Morgan fingerprint density at radius 2 is 1.79 bits per heavy atom. The van der Waals surface area contributed by atoms with E-state index in [-0.39, 0.29) is 12.1 Å². The fraction of sp³-hybridized carbons (Fsp3) is 0.452. The Hall–Kier alpha value is -3.03. The van der Waals surface area contributed by atoms with Crippen LogP contribution in [0.2, 0.25) is 0 Å². The average molecular weight is 539 g/mol. The molecule has 0 N–H and O–H groups in total. The molecule has 206 valence electrons. The quantitative estimate of drug-likeness (QED) is 0.323. The van der Waals surface area contributed by atoms with Crippen molar-refractivity contribution in [2.24, 2.45) is 0 Å². The first-order valence-corrected chi connectivity index (χ1v) is 13.9. The van der Waals surface area contributed by atoms with Gasteiger partial charge in [0.2, 0.25) is 0 Å². The number of likely N-dealkylation sites (N-methyl/N-ethyl adjacent to an activating group) is 1. The van der Waals surface area contributed by atoms with Gasteiger partial charge >= 0.3 is 11.9 Å². The summed E-state index contributed by atoms with van der Waals surface area (Å²) in [6.45, 7) is 10.7. The van der Waals surface area contributed by atoms with Crippen molar-refractivity contribution in [3.05, 3.63) is 87.0 Å². The first kappa shape index (κ1) is 31.2. The summed E-state index contributed by atoms with van der Waals surface area (Å²) in [5.74, 6) is -0.746. The predicted octanol–water partition coefficient (Wildman–Crippen LogP) is 6.32. The number of fused-ring (bicyclic) bond motifs is 2. The van der Waals surface area contributed by atoms with Crippen molar-refractivity contribution >= 4 is 23.3 Å². The molecular formula is C31H42N2O4S. The molecule has 0 saturated heterocycles. The van der Waals surface area contributed by atoms with Crippen LogP contribution in [0.5, 0.6) is 0 Å². The highest BCUT2D eigenvalue weighted by atomic mass is 32.1. The Kier molecular flexibility index (Phi) is 13.2. The molecule has 0 aliphatic carbocycles. The van der Waals surface area contributed by atoms with Crippen LogP contribution in [-0.4, -0.2) is 54.7 Å². The predicted molar refractivity (Wildman–Crippen MR) is 156 cm³/mol. The molecule has 1 aromatic rings. The lowest BCUT2D eigenvalue weighted by Gasteiger charge is -2.13. The van der Waals surface area contributed by atoms with Crippen LogP contribution < -0.4 is 0 Å². The Morgan fingerprint density at radius 1 is 1.05 bits per heavy atom. The number of aryl methyl sites for hydroxylation is 1. The molecule has 38 heavy (non-hydrogen) atoms. The molecule has 1 aromatic heterocycles. The van der Waals surface area contributed by atoms with E-state index in [1.165, 1.54) is 11.6 Å². The number of esters is 2. The van der Waals surface area contributed by atoms with E-state index in [0.717, 1.165) is 46.8 Å². The summed E-state index contributed by atoms with van der Waals surface area (Å²) in [5, 5.41) is 2.93. The summed E-state index contributed by atoms with van der Waals surface area (Å²) in [7, 11) is 4.08. The van der Waals surface area contributed by atoms with E-state index >= 15 is 0 Å². The standard InChI is InChI=1S/C31H42N2O4S/c1-22(15-16-33(6)7)11-12-24(3)18-28-20-29-32-27(21-38-29)14-13-25(4)19-31(35)36-26(5)17-23(2)9-8-10-30(34)37-28/h8-12,15,18-19,21,26,28H,13-14,16-17,20H2,1-7H3/b10-8-,12-11+,22-15+,23-9+,24-18+,25-19+/t26-,28+/m0/s1. The Bertz CT molecular complexity index is 1130. The lowest BCUT2D eigenvalue weighted by atomic mass is 10.1. The SMILES string of the molecule is CC(/C=C/C(C)=C/[C@@H]1Cc2nc(cs2)CC/C(C)=C/C(=O)O[C@@H](C)C/C(C)=C/C=C\C(=O)O1)=C\CN(C)C. The normalized spacial score (nSPS) is 24.9. The molecule has 6 nitrogen and oxygen atoms in total. The lowest BCUT2D eigenvalue weighted by Crippen LogP contribution is -2.18. The first-order valence-electron chi connectivity index (χ1n) is 13.0. The number of thiazole rings is 1. The monoisotopic (exact) mass is 538 g/mol. The molecule has 0 radical (unpaired) electrons. The minimum absolute atomic E-state index is 0.266. The van der Waals surface area contributed by atoms with Gasteiger partial charge in [0, 0.05) is 36.9 Å². The molecule has 1 aliphatic heterocycles. The summed E-state index contributed by atoms with van der Waals surface area (Å²) in [5.41, 5.74) is 5.10. The van der Waals surface area contributed by atoms with Crippen LogP contribution in [-0.2, 0) is 31.9 Å². The maximum absolute atomic E-state index is 12.6. The molecule has 1 aliphatic rings. The number of ether oxygens (including phenoxy) is 2. The highest BCUT2D eigenvalue weighted by molar-refractivity contribution is 7.09. The molecule has 0 saturated carbocycles. The zero-order valence-corrected chi connectivity index (χ0v) is 24.6. The highest BCUT2D eigenvalue weighted by Crippen LogP contribution is 2.18. The molecule has 7 heteroatoms. The van der Waals surface area contributed by atoms with Gasteiger partial charge in [-0.1, -0.05) is 52.7 Å². The number of nitrogens with zero attached hydrogens (tertiary/aromatic N) is 2. The van der Waals surface area contributed by atoms with Crippen molar-refractivity contribution < 1.29 is 19.1 Å². The van der Waals surface area contributed by atoms with Crippen molar-refractivity contribution in [1.82, 2.24) is 9.88 Å². The van der Waals surface area contributed by atoms with Crippen molar-refractivity contribution in [1.29, 1.82) is 0 Å². The van der Waals surface area contributed by atoms with E-state index in [2.05, 4.69) is 24.0 Å². The second-order valence-electron chi connectivity index (χ2n) is 10.2. The van der Waals surface area contributed by atoms with Crippen LogP contribution >= 0.6 is 11.3 Å².